The lowest BCUT2D eigenvalue weighted by molar-refractivity contribution is 0.0835. The first-order chi connectivity index (χ1) is 8.84. The molecule has 18 heavy (non-hydrogen) atoms. The standard InChI is InChI=1S/C14H20ClN3/c15-13-5-4-12(10-17-13)14(11-2-1-3-11)18-8-6-16-7-9-18/h4-5,10-11,14,16H,1-3,6-9H2/t14-/m1/s1. The molecule has 1 aliphatic carbocycles. The zero-order valence-electron chi connectivity index (χ0n) is 10.6. The SMILES string of the molecule is Clc1ccc([C@@H](C2CCC2)N2CCNCC2)cn1. The third-order valence-corrected chi connectivity index (χ3v) is 4.46. The van der Waals surface area contributed by atoms with Crippen LogP contribution in [-0.2, 0) is 0 Å². The van der Waals surface area contributed by atoms with Crippen LogP contribution < -0.4 is 5.32 Å². The highest BCUT2D eigenvalue weighted by molar-refractivity contribution is 6.29. The molecular formula is C14H20ClN3. The van der Waals surface area contributed by atoms with Gasteiger partial charge in [-0.05, 0) is 30.4 Å². The number of halogens is 1. The summed E-state index contributed by atoms with van der Waals surface area (Å²) >= 11 is 5.89. The molecule has 1 atom stereocenters. The molecule has 4 heteroatoms. The summed E-state index contributed by atoms with van der Waals surface area (Å²) in [6.45, 7) is 4.49. The quantitative estimate of drug-likeness (QED) is 0.851. The minimum atomic E-state index is 0.547. The largest absolute Gasteiger partial charge is 0.314 e. The van der Waals surface area contributed by atoms with Gasteiger partial charge in [-0.1, -0.05) is 24.1 Å². The van der Waals surface area contributed by atoms with E-state index < -0.39 is 0 Å². The van der Waals surface area contributed by atoms with Crippen LogP contribution in [0.25, 0.3) is 0 Å². The number of piperazine rings is 1. The minimum Gasteiger partial charge on any atom is -0.314 e. The van der Waals surface area contributed by atoms with Gasteiger partial charge < -0.3 is 5.32 Å². The number of hydrogen-bond donors (Lipinski definition) is 1. The Balaban J connectivity index is 1.81. The van der Waals surface area contributed by atoms with Gasteiger partial charge in [-0.15, -0.1) is 0 Å². The molecule has 98 valence electrons. The van der Waals surface area contributed by atoms with Crippen LogP contribution in [0.2, 0.25) is 5.15 Å². The summed E-state index contributed by atoms with van der Waals surface area (Å²) in [5.41, 5.74) is 1.34. The molecule has 1 saturated heterocycles. The van der Waals surface area contributed by atoms with E-state index in [0.717, 1.165) is 32.1 Å². The molecule has 0 bridgehead atoms. The van der Waals surface area contributed by atoms with Crippen LogP contribution in [-0.4, -0.2) is 36.1 Å². The van der Waals surface area contributed by atoms with Crippen molar-refractivity contribution in [1.82, 2.24) is 15.2 Å². The van der Waals surface area contributed by atoms with Crippen molar-refractivity contribution in [2.75, 3.05) is 26.2 Å². The number of hydrogen-bond acceptors (Lipinski definition) is 3. The molecule has 2 heterocycles. The van der Waals surface area contributed by atoms with E-state index in [0.29, 0.717) is 11.2 Å². The van der Waals surface area contributed by atoms with E-state index in [1.54, 1.807) is 0 Å². The van der Waals surface area contributed by atoms with Crippen LogP contribution in [0.15, 0.2) is 18.3 Å². The topological polar surface area (TPSA) is 28.2 Å². The van der Waals surface area contributed by atoms with Gasteiger partial charge in [-0.3, -0.25) is 4.90 Å². The monoisotopic (exact) mass is 265 g/mol. The second-order valence-electron chi connectivity index (χ2n) is 5.34. The van der Waals surface area contributed by atoms with Crippen molar-refractivity contribution in [3.05, 3.63) is 29.0 Å². The summed E-state index contributed by atoms with van der Waals surface area (Å²) in [6, 6.07) is 4.62. The van der Waals surface area contributed by atoms with Gasteiger partial charge in [-0.25, -0.2) is 4.98 Å². The molecule has 0 unspecified atom stereocenters. The summed E-state index contributed by atoms with van der Waals surface area (Å²) in [7, 11) is 0. The second kappa shape index (κ2) is 5.55. The van der Waals surface area contributed by atoms with Crippen molar-refractivity contribution in [3.8, 4) is 0 Å². The van der Waals surface area contributed by atoms with Crippen LogP contribution >= 0.6 is 11.6 Å². The first-order valence-electron chi connectivity index (χ1n) is 6.91. The van der Waals surface area contributed by atoms with Gasteiger partial charge in [0.1, 0.15) is 5.15 Å². The lowest BCUT2D eigenvalue weighted by atomic mass is 9.76. The Morgan fingerprint density at radius 1 is 1.28 bits per heavy atom. The van der Waals surface area contributed by atoms with Gasteiger partial charge in [0.2, 0.25) is 0 Å². The molecule has 1 aromatic rings. The molecule has 0 aromatic carbocycles. The van der Waals surface area contributed by atoms with Crippen LogP contribution in [0.5, 0.6) is 0 Å². The third kappa shape index (κ3) is 2.53. The van der Waals surface area contributed by atoms with E-state index in [1.807, 2.05) is 12.3 Å². The van der Waals surface area contributed by atoms with Crippen molar-refractivity contribution in [1.29, 1.82) is 0 Å². The molecule has 0 spiro atoms. The van der Waals surface area contributed by atoms with E-state index in [9.17, 15) is 0 Å². The van der Waals surface area contributed by atoms with Crippen molar-refractivity contribution >= 4 is 11.6 Å². The molecule has 3 rings (SSSR count). The molecular weight excluding hydrogens is 246 g/mol. The highest BCUT2D eigenvalue weighted by Gasteiger charge is 2.33. The number of pyridine rings is 1. The zero-order chi connectivity index (χ0) is 12.4. The third-order valence-electron chi connectivity index (χ3n) is 4.23. The maximum absolute atomic E-state index is 5.89. The molecule has 1 aliphatic heterocycles. The fraction of sp³-hybridized carbons (Fsp3) is 0.643. The Bertz CT molecular complexity index is 383. The van der Waals surface area contributed by atoms with Crippen molar-refractivity contribution in [2.24, 2.45) is 5.92 Å². The summed E-state index contributed by atoms with van der Waals surface area (Å²) in [4.78, 5) is 6.88. The van der Waals surface area contributed by atoms with Gasteiger partial charge in [0.15, 0.2) is 0 Å². The Labute approximate surface area is 114 Å². The van der Waals surface area contributed by atoms with Gasteiger partial charge >= 0.3 is 0 Å². The molecule has 1 saturated carbocycles. The molecule has 3 nitrogen and oxygen atoms in total. The highest BCUT2D eigenvalue weighted by Crippen LogP contribution is 2.41. The summed E-state index contributed by atoms with van der Waals surface area (Å²) in [5, 5.41) is 4.02. The Hall–Kier alpha value is -0.640. The summed E-state index contributed by atoms with van der Waals surface area (Å²) in [5.74, 6) is 0.811. The molecule has 2 fully saturated rings. The van der Waals surface area contributed by atoms with Gasteiger partial charge in [-0.2, -0.15) is 0 Å². The average molecular weight is 266 g/mol. The van der Waals surface area contributed by atoms with Crippen molar-refractivity contribution < 1.29 is 0 Å². The Morgan fingerprint density at radius 2 is 2.06 bits per heavy atom. The maximum atomic E-state index is 5.89. The van der Waals surface area contributed by atoms with Crippen molar-refractivity contribution in [2.45, 2.75) is 25.3 Å². The normalized spacial score (nSPS) is 23.6. The second-order valence-corrected chi connectivity index (χ2v) is 5.72. The number of rotatable bonds is 3. The summed E-state index contributed by atoms with van der Waals surface area (Å²) < 4.78 is 0. The molecule has 1 N–H and O–H groups in total. The zero-order valence-corrected chi connectivity index (χ0v) is 11.4. The van der Waals surface area contributed by atoms with Crippen LogP contribution in [0.1, 0.15) is 30.9 Å². The summed E-state index contributed by atoms with van der Waals surface area (Å²) in [6.07, 6.45) is 6.07. The van der Waals surface area contributed by atoms with Crippen LogP contribution in [0.3, 0.4) is 0 Å². The van der Waals surface area contributed by atoms with Crippen LogP contribution in [0, 0.1) is 5.92 Å². The molecule has 0 amide bonds. The van der Waals surface area contributed by atoms with E-state index in [2.05, 4.69) is 21.3 Å². The number of nitrogens with zero attached hydrogens (tertiary/aromatic N) is 2. The average Bonchev–Trinajstić information content (AvgIpc) is 2.36. The maximum Gasteiger partial charge on any atom is 0.129 e. The van der Waals surface area contributed by atoms with Gasteiger partial charge in [0.25, 0.3) is 0 Å². The minimum absolute atomic E-state index is 0.547. The van der Waals surface area contributed by atoms with Gasteiger partial charge in [0.05, 0.1) is 0 Å². The number of aromatic nitrogens is 1. The van der Waals surface area contributed by atoms with Gasteiger partial charge in [0, 0.05) is 38.4 Å². The predicted octanol–water partition coefficient (Wildman–Crippen LogP) is 2.48. The fourth-order valence-corrected chi connectivity index (χ4v) is 3.17. The molecule has 1 aromatic heterocycles. The van der Waals surface area contributed by atoms with Crippen molar-refractivity contribution in [3.63, 3.8) is 0 Å². The Kier molecular flexibility index (Phi) is 3.83. The predicted molar refractivity (Wildman–Crippen MR) is 73.8 cm³/mol. The van der Waals surface area contributed by atoms with E-state index in [-0.39, 0.29) is 0 Å². The fourth-order valence-electron chi connectivity index (χ4n) is 3.06. The highest BCUT2D eigenvalue weighted by atomic mass is 35.5. The number of nitrogens with one attached hydrogen (secondary N) is 1. The molecule has 0 radical (unpaired) electrons. The first-order valence-corrected chi connectivity index (χ1v) is 7.28. The lowest BCUT2D eigenvalue weighted by Crippen LogP contribution is -2.47. The van der Waals surface area contributed by atoms with E-state index >= 15 is 0 Å². The van der Waals surface area contributed by atoms with E-state index in [4.69, 9.17) is 11.6 Å². The molecule has 2 aliphatic rings. The lowest BCUT2D eigenvalue weighted by Gasteiger charge is -2.43. The van der Waals surface area contributed by atoms with Crippen LogP contribution in [0.4, 0.5) is 0 Å². The Morgan fingerprint density at radius 3 is 2.61 bits per heavy atom. The van der Waals surface area contributed by atoms with E-state index in [1.165, 1.54) is 24.8 Å². The first kappa shape index (κ1) is 12.4. The smallest absolute Gasteiger partial charge is 0.129 e.